The van der Waals surface area contributed by atoms with Gasteiger partial charge in [0.1, 0.15) is 0 Å². The summed E-state index contributed by atoms with van der Waals surface area (Å²) in [4.78, 5) is 12.3. The molecular weight excluding hydrogens is 725 g/mol. The molecule has 55 heavy (non-hydrogen) atoms. The van der Waals surface area contributed by atoms with E-state index in [2.05, 4.69) is 207 Å². The first-order valence-electron chi connectivity index (χ1n) is 18.7. The quantitative estimate of drug-likeness (QED) is 0.0409. The molecule has 0 unspecified atom stereocenters. The Bertz CT molecular complexity index is 2070. The second-order valence-corrected chi connectivity index (χ2v) is 23.8. The smallest absolute Gasteiger partial charge is 0.387 e. The van der Waals surface area contributed by atoms with E-state index in [-0.39, 0.29) is 6.61 Å². The highest BCUT2D eigenvalue weighted by atomic mass is 28.5. The Balaban J connectivity index is 1.58. The zero-order chi connectivity index (χ0) is 37.8. The van der Waals surface area contributed by atoms with E-state index in [1.54, 1.807) is 0 Å². The molecule has 0 aliphatic rings. The average Bonchev–Trinajstić information content (AvgIpc) is 3.28. The van der Waals surface area contributed by atoms with Gasteiger partial charge >= 0.3 is 14.5 Å². The summed E-state index contributed by atoms with van der Waals surface area (Å²) in [5.41, 5.74) is 0. The Hall–Kier alpha value is -5.68. The maximum absolute atomic E-state index is 12.3. The zero-order valence-electron chi connectivity index (χ0n) is 30.7. The minimum Gasteiger partial charge on any atom is -0.463 e. The van der Waals surface area contributed by atoms with E-state index in [1.807, 2.05) is 12.1 Å². The predicted molar refractivity (Wildman–Crippen MR) is 233 cm³/mol. The molecule has 0 radical (unpaired) electrons. The topological polar surface area (TPSA) is 44.8 Å². The van der Waals surface area contributed by atoms with Gasteiger partial charge in [0.15, 0.2) is 0 Å². The Morgan fingerprint density at radius 1 is 0.436 bits per heavy atom. The van der Waals surface area contributed by atoms with Crippen LogP contribution in [0.4, 0.5) is 0 Å². The van der Waals surface area contributed by atoms with Crippen LogP contribution < -0.4 is 36.3 Å². The van der Waals surface area contributed by atoms with Crippen LogP contribution in [0.2, 0.25) is 6.04 Å². The molecule has 0 atom stereocenters. The summed E-state index contributed by atoms with van der Waals surface area (Å²) in [6.07, 6.45) is 1.80. The average molecular weight is 769 g/mol. The van der Waals surface area contributed by atoms with Crippen molar-refractivity contribution in [3.05, 3.63) is 225 Å². The second-order valence-electron chi connectivity index (χ2n) is 13.4. The Morgan fingerprint density at radius 3 is 1.07 bits per heavy atom. The number of rotatable bonds is 16. The van der Waals surface area contributed by atoms with Crippen molar-refractivity contribution >= 4 is 67.5 Å². The molecule has 0 N–H and O–H groups in total. The molecule has 0 saturated heterocycles. The number of carbonyl (C=O) groups is 1. The molecule has 0 amide bonds. The molecular formula is C48H44O4Si3. The lowest BCUT2D eigenvalue weighted by Gasteiger charge is -2.47. The summed E-state index contributed by atoms with van der Waals surface area (Å²) in [6.45, 7) is 3.85. The molecule has 7 aromatic carbocycles. The summed E-state index contributed by atoms with van der Waals surface area (Å²) >= 11 is 0. The summed E-state index contributed by atoms with van der Waals surface area (Å²) in [5, 5.41) is 7.66. The summed E-state index contributed by atoms with van der Waals surface area (Å²) < 4.78 is 22.6. The van der Waals surface area contributed by atoms with E-state index in [1.165, 1.54) is 6.08 Å². The van der Waals surface area contributed by atoms with Crippen LogP contribution >= 0.6 is 0 Å². The van der Waals surface area contributed by atoms with E-state index < -0.39 is 31.2 Å². The van der Waals surface area contributed by atoms with E-state index in [9.17, 15) is 4.79 Å². The predicted octanol–water partition coefficient (Wildman–Crippen LogP) is 5.82. The first kappa shape index (κ1) is 37.6. The molecule has 0 spiro atoms. The van der Waals surface area contributed by atoms with Crippen molar-refractivity contribution in [1.82, 2.24) is 0 Å². The van der Waals surface area contributed by atoms with Gasteiger partial charge in [0, 0.05) is 6.08 Å². The Kier molecular flexibility index (Phi) is 12.1. The summed E-state index contributed by atoms with van der Waals surface area (Å²) in [5.74, 6) is -0.433. The fraction of sp³-hybridized carbons (Fsp3) is 0.0625. The third-order valence-electron chi connectivity index (χ3n) is 10.0. The molecule has 0 bridgehead atoms. The molecule has 0 aliphatic carbocycles. The standard InChI is InChI=1S/C48H44O4Si3/c1-2-48(49)50-39-24-40-53(41-25-10-3-11-26-41,42-27-12-4-13-28-42)51-55(46-35-20-8-21-36-46,47-37-22-9-23-38-47)52-54(43-29-14-5-15-30-43,44-31-16-6-17-32-44)45-33-18-7-19-34-45/h2-23,25-38H,1,24,39-40H2. The largest absolute Gasteiger partial charge is 0.463 e. The number of hydrogen-bond acceptors (Lipinski definition) is 4. The molecule has 0 heterocycles. The monoisotopic (exact) mass is 768 g/mol. The van der Waals surface area contributed by atoms with Crippen molar-refractivity contribution in [2.45, 2.75) is 12.5 Å². The molecule has 0 aromatic heterocycles. The lowest BCUT2D eigenvalue weighted by atomic mass is 10.3. The first-order valence-corrected chi connectivity index (χ1v) is 24.5. The lowest BCUT2D eigenvalue weighted by molar-refractivity contribution is -0.137. The van der Waals surface area contributed by atoms with Gasteiger partial charge in [0.25, 0.3) is 8.32 Å². The normalized spacial score (nSPS) is 11.8. The van der Waals surface area contributed by atoms with Crippen LogP contribution in [0.15, 0.2) is 225 Å². The van der Waals surface area contributed by atoms with Gasteiger partial charge in [-0.3, -0.25) is 0 Å². The van der Waals surface area contributed by atoms with E-state index in [0.717, 1.165) is 36.3 Å². The second kappa shape index (κ2) is 17.6. The van der Waals surface area contributed by atoms with Gasteiger partial charge in [-0.15, -0.1) is 0 Å². The van der Waals surface area contributed by atoms with Gasteiger partial charge in [0.05, 0.1) is 6.61 Å². The Labute approximate surface area is 327 Å². The van der Waals surface area contributed by atoms with Gasteiger partial charge in [-0.05, 0) is 48.8 Å². The highest BCUT2D eigenvalue weighted by Crippen LogP contribution is 2.26. The third kappa shape index (κ3) is 7.93. The van der Waals surface area contributed by atoms with Gasteiger partial charge in [-0.2, -0.15) is 0 Å². The van der Waals surface area contributed by atoms with Gasteiger partial charge in [0.2, 0.25) is 8.32 Å². The van der Waals surface area contributed by atoms with E-state index >= 15 is 0 Å². The van der Waals surface area contributed by atoms with Crippen molar-refractivity contribution in [3.63, 3.8) is 0 Å². The number of carbonyl (C=O) groups excluding carboxylic acids is 1. The SMILES string of the molecule is C=CC(=O)OCCC[Si](O[Si](O[Si](c1ccccc1)(c1ccccc1)c1ccccc1)(c1ccccc1)c1ccccc1)(c1ccccc1)c1ccccc1. The molecule has 4 nitrogen and oxygen atoms in total. The van der Waals surface area contributed by atoms with Crippen molar-refractivity contribution in [1.29, 1.82) is 0 Å². The van der Waals surface area contributed by atoms with Crippen LogP contribution in [0.3, 0.4) is 0 Å². The lowest BCUT2D eigenvalue weighted by Crippen LogP contribution is -2.81. The fourth-order valence-electron chi connectivity index (χ4n) is 7.49. The molecule has 7 heteroatoms. The van der Waals surface area contributed by atoms with Crippen molar-refractivity contribution in [2.75, 3.05) is 6.61 Å². The highest BCUT2D eigenvalue weighted by molar-refractivity contribution is 7.15. The number of hydrogen-bond donors (Lipinski definition) is 0. The van der Waals surface area contributed by atoms with Crippen LogP contribution in [0.1, 0.15) is 6.42 Å². The minimum absolute atomic E-state index is 0.242. The van der Waals surface area contributed by atoms with Crippen LogP contribution in [0.25, 0.3) is 0 Å². The maximum Gasteiger partial charge on any atom is 0.387 e. The van der Waals surface area contributed by atoms with Crippen molar-refractivity contribution in [2.24, 2.45) is 0 Å². The van der Waals surface area contributed by atoms with Gasteiger partial charge in [-0.1, -0.05) is 219 Å². The minimum atomic E-state index is -3.82. The fourth-order valence-corrected chi connectivity index (χ4v) is 24.0. The summed E-state index contributed by atoms with van der Waals surface area (Å²) in [7, 11) is -10.5. The Morgan fingerprint density at radius 2 is 0.745 bits per heavy atom. The molecule has 0 aliphatic heterocycles. The van der Waals surface area contributed by atoms with E-state index in [0.29, 0.717) is 12.5 Å². The number of ether oxygens (including phenoxy) is 1. The maximum atomic E-state index is 12.3. The van der Waals surface area contributed by atoms with Gasteiger partial charge in [-0.25, -0.2) is 4.79 Å². The van der Waals surface area contributed by atoms with Crippen LogP contribution in [-0.2, 0) is 17.8 Å². The third-order valence-corrected chi connectivity index (χ3v) is 24.2. The molecule has 7 rings (SSSR count). The van der Waals surface area contributed by atoms with Crippen molar-refractivity contribution in [3.8, 4) is 0 Å². The number of esters is 1. The first-order chi connectivity index (χ1) is 27.1. The van der Waals surface area contributed by atoms with Gasteiger partial charge < -0.3 is 13.0 Å². The highest BCUT2D eigenvalue weighted by Gasteiger charge is 2.58. The molecule has 7 aromatic rings. The molecule has 0 fully saturated rings. The molecule has 272 valence electrons. The molecule has 0 saturated carbocycles. The zero-order valence-corrected chi connectivity index (χ0v) is 33.7. The van der Waals surface area contributed by atoms with Crippen molar-refractivity contribution < 1.29 is 17.8 Å². The van der Waals surface area contributed by atoms with Crippen LogP contribution in [0, 0.1) is 0 Å². The van der Waals surface area contributed by atoms with E-state index in [4.69, 9.17) is 13.0 Å². The number of benzene rings is 7. The van der Waals surface area contributed by atoms with Crippen LogP contribution in [0.5, 0.6) is 0 Å². The van der Waals surface area contributed by atoms with Crippen LogP contribution in [-0.4, -0.2) is 37.8 Å². The summed E-state index contributed by atoms with van der Waals surface area (Å²) in [6, 6.07) is 75.2.